The Labute approximate surface area is 99.2 Å². The van der Waals surface area contributed by atoms with Gasteiger partial charge in [-0.3, -0.25) is 20.2 Å². The first-order valence-electron chi connectivity index (χ1n) is 3.44. The number of nitro benzene ring substituents is 2. The predicted molar refractivity (Wildman–Crippen MR) is 49.5 cm³/mol. The molecule has 0 aliphatic heterocycles. The molecular weight excluding hydrogens is 263 g/mol. The highest BCUT2D eigenvalue weighted by molar-refractivity contribution is 6.34. The fraction of sp³-hybridized carbons (Fsp3) is 0. The highest BCUT2D eigenvalue weighted by atomic mass is 35.5. The van der Waals surface area contributed by atoms with Crippen molar-refractivity contribution in [3.63, 3.8) is 0 Å². The van der Waals surface area contributed by atoms with Crippen LogP contribution in [0.1, 0.15) is 0 Å². The molecule has 84 valence electrons. The summed E-state index contributed by atoms with van der Waals surface area (Å²) in [5.74, 6) is 0. The Balaban J connectivity index is 0.00000225. The summed E-state index contributed by atoms with van der Waals surface area (Å²) >= 11 is 5.46. The maximum absolute atomic E-state index is 10.5. The van der Waals surface area contributed by atoms with Crippen LogP contribution in [0.2, 0.25) is 5.02 Å². The summed E-state index contributed by atoms with van der Waals surface area (Å²) in [5.41, 5.74) is -1.77. The smallest absolute Gasteiger partial charge is 0.479 e. The first-order valence-corrected chi connectivity index (χ1v) is 3.82. The Morgan fingerprint density at radius 3 is 2.19 bits per heavy atom. The van der Waals surface area contributed by atoms with Crippen molar-refractivity contribution in [2.24, 2.45) is 0 Å². The van der Waals surface area contributed by atoms with Gasteiger partial charge in [0, 0.05) is 6.07 Å². The van der Waals surface area contributed by atoms with Crippen LogP contribution in [-0.4, -0.2) is 9.85 Å². The Hall–Kier alpha value is -1.98. The molecule has 0 atom stereocenters. The molecule has 10 heteroatoms. The molecular formula is C6H2Cl2N4O4. The number of rotatable bonds is 2. The van der Waals surface area contributed by atoms with E-state index in [1.807, 2.05) is 0 Å². The first kappa shape index (κ1) is 14.0. The number of nitrogens with zero attached hydrogens (tertiary/aromatic N) is 4. The molecule has 0 bridgehead atoms. The number of halogens is 2. The van der Waals surface area contributed by atoms with Crippen molar-refractivity contribution in [1.29, 1.82) is 5.39 Å². The Morgan fingerprint density at radius 1 is 1.25 bits per heavy atom. The van der Waals surface area contributed by atoms with E-state index in [1.54, 1.807) is 0 Å². The lowest BCUT2D eigenvalue weighted by atomic mass is 10.2. The van der Waals surface area contributed by atoms with Gasteiger partial charge in [-0.2, -0.15) is 0 Å². The molecule has 0 aromatic heterocycles. The van der Waals surface area contributed by atoms with Gasteiger partial charge in [0.25, 0.3) is 5.69 Å². The number of benzene rings is 1. The van der Waals surface area contributed by atoms with E-state index in [1.165, 1.54) is 0 Å². The van der Waals surface area contributed by atoms with E-state index < -0.39 is 26.9 Å². The van der Waals surface area contributed by atoms with Gasteiger partial charge in [0.2, 0.25) is 5.39 Å². The molecule has 0 N–H and O–H groups in total. The molecule has 0 fully saturated rings. The van der Waals surface area contributed by atoms with Gasteiger partial charge in [-0.05, 0) is 0 Å². The topological polar surface area (TPSA) is 114 Å². The van der Waals surface area contributed by atoms with Crippen LogP contribution in [0.15, 0.2) is 12.1 Å². The number of diazo groups is 1. The molecule has 0 saturated heterocycles. The minimum absolute atomic E-state index is 0. The highest BCUT2D eigenvalue weighted by Gasteiger charge is 2.32. The van der Waals surface area contributed by atoms with E-state index in [-0.39, 0.29) is 17.4 Å². The van der Waals surface area contributed by atoms with Crippen LogP contribution < -0.4 is 12.4 Å². The van der Waals surface area contributed by atoms with E-state index >= 15 is 0 Å². The summed E-state index contributed by atoms with van der Waals surface area (Å²) in [7, 11) is 0. The molecule has 0 radical (unpaired) electrons. The molecule has 16 heavy (non-hydrogen) atoms. The monoisotopic (exact) mass is 264 g/mol. The fourth-order valence-corrected chi connectivity index (χ4v) is 1.16. The predicted octanol–water partition coefficient (Wildman–Crippen LogP) is -0.355. The van der Waals surface area contributed by atoms with Gasteiger partial charge in [-0.1, -0.05) is 11.6 Å². The summed E-state index contributed by atoms with van der Waals surface area (Å²) in [6.07, 6.45) is 0. The zero-order valence-corrected chi connectivity index (χ0v) is 8.84. The third kappa shape index (κ3) is 2.53. The first-order chi connectivity index (χ1) is 6.97. The molecule has 0 amide bonds. The largest absolute Gasteiger partial charge is 1.00 e. The Bertz CT molecular complexity index is 498. The van der Waals surface area contributed by atoms with Crippen LogP contribution in [0.25, 0.3) is 4.98 Å². The standard InChI is InChI=1S/C6H2ClN4O4.ClH/c7-4-1-3(10(12)13)2-5(11(14)15)6(4)9-8;/h1-2H;1H/q+1;/p-1. The molecule has 1 aromatic rings. The lowest BCUT2D eigenvalue weighted by molar-refractivity contribution is -0.393. The van der Waals surface area contributed by atoms with Crippen LogP contribution in [0.4, 0.5) is 17.1 Å². The van der Waals surface area contributed by atoms with E-state index in [9.17, 15) is 20.2 Å². The van der Waals surface area contributed by atoms with Crippen molar-refractivity contribution >= 4 is 28.7 Å². The van der Waals surface area contributed by atoms with E-state index in [0.717, 1.165) is 6.07 Å². The van der Waals surface area contributed by atoms with Gasteiger partial charge in [-0.15, -0.1) is 0 Å². The molecule has 1 rings (SSSR count). The van der Waals surface area contributed by atoms with Crippen LogP contribution in [-0.2, 0) is 0 Å². The van der Waals surface area contributed by atoms with Crippen LogP contribution in [0.3, 0.4) is 0 Å². The molecule has 0 aliphatic carbocycles. The van der Waals surface area contributed by atoms with E-state index in [4.69, 9.17) is 17.0 Å². The van der Waals surface area contributed by atoms with Gasteiger partial charge >= 0.3 is 11.4 Å². The normalized spacial score (nSPS) is 8.75. The SMILES string of the molecule is N#[N+]c1c(Cl)cc([N+](=O)[O-])cc1[N+](=O)[O-].[Cl-]. The van der Waals surface area contributed by atoms with Gasteiger partial charge in [0.05, 0.1) is 9.85 Å². The van der Waals surface area contributed by atoms with Gasteiger partial charge in [-0.25, -0.2) is 0 Å². The van der Waals surface area contributed by atoms with E-state index in [2.05, 4.69) is 4.98 Å². The van der Waals surface area contributed by atoms with Gasteiger partial charge in [0.15, 0.2) is 10.00 Å². The van der Waals surface area contributed by atoms with E-state index in [0.29, 0.717) is 6.07 Å². The van der Waals surface area contributed by atoms with Crippen molar-refractivity contribution in [1.82, 2.24) is 0 Å². The molecule has 8 nitrogen and oxygen atoms in total. The fourth-order valence-electron chi connectivity index (χ4n) is 0.914. The van der Waals surface area contributed by atoms with Crippen LogP contribution in [0, 0.1) is 25.6 Å². The second-order valence-corrected chi connectivity index (χ2v) is 2.82. The molecule has 0 aliphatic rings. The summed E-state index contributed by atoms with van der Waals surface area (Å²) < 4.78 is 0. The summed E-state index contributed by atoms with van der Waals surface area (Å²) in [4.78, 5) is 21.7. The zero-order chi connectivity index (χ0) is 11.6. The van der Waals surface area contributed by atoms with Crippen molar-refractivity contribution < 1.29 is 22.3 Å². The van der Waals surface area contributed by atoms with Crippen molar-refractivity contribution in [3.8, 4) is 0 Å². The zero-order valence-electron chi connectivity index (χ0n) is 7.33. The van der Waals surface area contributed by atoms with Crippen molar-refractivity contribution in [2.75, 3.05) is 0 Å². The Morgan fingerprint density at radius 2 is 1.81 bits per heavy atom. The summed E-state index contributed by atoms with van der Waals surface area (Å²) in [6, 6.07) is 1.53. The van der Waals surface area contributed by atoms with Gasteiger partial charge in [0.1, 0.15) is 6.07 Å². The van der Waals surface area contributed by atoms with Gasteiger partial charge < -0.3 is 12.4 Å². The van der Waals surface area contributed by atoms with Crippen LogP contribution >= 0.6 is 11.6 Å². The molecule has 0 unspecified atom stereocenters. The quantitative estimate of drug-likeness (QED) is 0.411. The number of hydrogen-bond donors (Lipinski definition) is 0. The molecule has 0 heterocycles. The summed E-state index contributed by atoms with van der Waals surface area (Å²) in [5, 5.41) is 28.9. The lowest BCUT2D eigenvalue weighted by Gasteiger charge is -1.91. The second-order valence-electron chi connectivity index (χ2n) is 2.41. The number of non-ortho nitro benzene ring substituents is 1. The maximum atomic E-state index is 10.5. The average Bonchev–Trinajstić information content (AvgIpc) is 2.16. The lowest BCUT2D eigenvalue weighted by Crippen LogP contribution is -3.00. The molecule has 0 spiro atoms. The number of nitro groups is 2. The molecule has 0 saturated carbocycles. The maximum Gasteiger partial charge on any atom is 0.479 e. The van der Waals surface area contributed by atoms with Crippen molar-refractivity contribution in [2.45, 2.75) is 0 Å². The Kier molecular flexibility index (Phi) is 4.56. The summed E-state index contributed by atoms with van der Waals surface area (Å²) in [6.45, 7) is 0. The van der Waals surface area contributed by atoms with Crippen molar-refractivity contribution in [3.05, 3.63) is 42.4 Å². The van der Waals surface area contributed by atoms with Crippen LogP contribution in [0.5, 0.6) is 0 Å². The highest BCUT2D eigenvalue weighted by Crippen LogP contribution is 2.38. The average molecular weight is 265 g/mol. The third-order valence-corrected chi connectivity index (χ3v) is 1.82. The minimum atomic E-state index is -0.923. The minimum Gasteiger partial charge on any atom is -1.00 e. The molecule has 1 aromatic carbocycles. The second kappa shape index (κ2) is 5.20. The number of hydrogen-bond acceptors (Lipinski definition) is 5. The third-order valence-electron chi connectivity index (χ3n) is 1.54.